The number of hydrogen-bond acceptors (Lipinski definition) is 3. The highest BCUT2D eigenvalue weighted by molar-refractivity contribution is 5.93. The summed E-state index contributed by atoms with van der Waals surface area (Å²) in [5.74, 6) is 1.98. The summed E-state index contributed by atoms with van der Waals surface area (Å²) in [5.41, 5.74) is 16.2. The van der Waals surface area contributed by atoms with Gasteiger partial charge in [-0.25, -0.2) is 15.0 Å². The van der Waals surface area contributed by atoms with Crippen LogP contribution >= 0.6 is 0 Å². The van der Waals surface area contributed by atoms with Crippen LogP contribution in [-0.4, -0.2) is 15.0 Å². The summed E-state index contributed by atoms with van der Waals surface area (Å²) in [5, 5.41) is 0. The van der Waals surface area contributed by atoms with Crippen LogP contribution in [0.4, 0.5) is 0 Å². The lowest BCUT2D eigenvalue weighted by atomic mass is 9.68. The lowest BCUT2D eigenvalue weighted by Gasteiger charge is -2.36. The summed E-state index contributed by atoms with van der Waals surface area (Å²) in [7, 11) is 0. The van der Waals surface area contributed by atoms with Gasteiger partial charge in [0.1, 0.15) is 0 Å². The van der Waals surface area contributed by atoms with Gasteiger partial charge in [0.25, 0.3) is 0 Å². The van der Waals surface area contributed by atoms with Crippen LogP contribution in [0.5, 0.6) is 0 Å². The van der Waals surface area contributed by atoms with E-state index >= 15 is 0 Å². The SMILES string of the molecule is c1ccc(-c2nc(-c3ccccc3)nc(-c3cccc(-c4ccc(-c5cccc(-c6cccc7c6-c6ccccc6C76CCCCC6)c5)cc4)c3)n2)cc1. The Hall–Kier alpha value is -6.45. The Morgan fingerprint density at radius 1 is 0.315 bits per heavy atom. The molecular formula is C51H39N3. The average Bonchev–Trinajstić information content (AvgIpc) is 3.53. The molecule has 3 heteroatoms. The molecule has 0 bridgehead atoms. The number of hydrogen-bond donors (Lipinski definition) is 0. The average molecular weight is 694 g/mol. The van der Waals surface area contributed by atoms with Gasteiger partial charge in [-0.3, -0.25) is 0 Å². The van der Waals surface area contributed by atoms with E-state index in [2.05, 4.69) is 115 Å². The first kappa shape index (κ1) is 32.2. The second kappa shape index (κ2) is 13.5. The Morgan fingerprint density at radius 2 is 0.759 bits per heavy atom. The molecule has 1 spiro atoms. The number of aromatic nitrogens is 3. The first-order valence-electron chi connectivity index (χ1n) is 19.2. The van der Waals surface area contributed by atoms with Crippen molar-refractivity contribution in [3.63, 3.8) is 0 Å². The topological polar surface area (TPSA) is 38.7 Å². The fourth-order valence-electron chi connectivity index (χ4n) is 8.94. The van der Waals surface area contributed by atoms with Gasteiger partial charge in [-0.2, -0.15) is 0 Å². The molecule has 0 radical (unpaired) electrons. The molecule has 0 unspecified atom stereocenters. The lowest BCUT2D eigenvalue weighted by Crippen LogP contribution is -2.27. The molecule has 0 N–H and O–H groups in total. The molecule has 1 aromatic heterocycles. The zero-order valence-electron chi connectivity index (χ0n) is 30.1. The van der Waals surface area contributed by atoms with E-state index in [1.807, 2.05) is 60.7 Å². The molecule has 1 fully saturated rings. The van der Waals surface area contributed by atoms with E-state index in [4.69, 9.17) is 15.0 Å². The summed E-state index contributed by atoms with van der Waals surface area (Å²) in [6.45, 7) is 0. The van der Waals surface area contributed by atoms with Crippen LogP contribution in [0.3, 0.4) is 0 Å². The van der Waals surface area contributed by atoms with Crippen molar-refractivity contribution in [1.29, 1.82) is 0 Å². The smallest absolute Gasteiger partial charge is 0.164 e. The van der Waals surface area contributed by atoms with E-state index in [-0.39, 0.29) is 5.41 Å². The summed E-state index contributed by atoms with van der Waals surface area (Å²) < 4.78 is 0. The first-order chi connectivity index (χ1) is 26.7. The maximum absolute atomic E-state index is 4.96. The normalized spacial score (nSPS) is 14.1. The second-order valence-corrected chi connectivity index (χ2v) is 14.7. The fraction of sp³-hybridized carbons (Fsp3) is 0.118. The highest BCUT2D eigenvalue weighted by Gasteiger charge is 2.44. The Balaban J connectivity index is 0.979. The van der Waals surface area contributed by atoms with Crippen LogP contribution in [-0.2, 0) is 5.41 Å². The van der Waals surface area contributed by atoms with E-state index in [1.165, 1.54) is 76.6 Å². The van der Waals surface area contributed by atoms with Crippen molar-refractivity contribution in [1.82, 2.24) is 15.0 Å². The van der Waals surface area contributed by atoms with Crippen LogP contribution in [0, 0.1) is 0 Å². The molecule has 8 aromatic rings. The van der Waals surface area contributed by atoms with E-state index in [0.717, 1.165) is 27.8 Å². The zero-order chi connectivity index (χ0) is 35.9. The highest BCUT2D eigenvalue weighted by atomic mass is 15.0. The van der Waals surface area contributed by atoms with Gasteiger partial charge in [-0.05, 0) is 80.6 Å². The van der Waals surface area contributed by atoms with Crippen LogP contribution in [0.15, 0.2) is 176 Å². The zero-order valence-corrected chi connectivity index (χ0v) is 30.1. The molecule has 1 saturated carbocycles. The number of nitrogens with zero attached hydrogens (tertiary/aromatic N) is 3. The van der Waals surface area contributed by atoms with Crippen molar-refractivity contribution in [2.45, 2.75) is 37.5 Å². The minimum atomic E-state index is 0.156. The van der Waals surface area contributed by atoms with Gasteiger partial charge in [0.2, 0.25) is 0 Å². The summed E-state index contributed by atoms with van der Waals surface area (Å²) in [6, 6.07) is 63.0. The fourth-order valence-corrected chi connectivity index (χ4v) is 8.94. The molecule has 2 aliphatic carbocycles. The van der Waals surface area contributed by atoms with E-state index in [9.17, 15) is 0 Å². The maximum atomic E-state index is 4.96. The molecule has 10 rings (SSSR count). The Labute approximate surface area is 317 Å². The third-order valence-corrected chi connectivity index (χ3v) is 11.5. The Morgan fingerprint density at radius 3 is 1.39 bits per heavy atom. The van der Waals surface area contributed by atoms with Crippen molar-refractivity contribution in [2.24, 2.45) is 0 Å². The van der Waals surface area contributed by atoms with Gasteiger partial charge in [0.05, 0.1) is 0 Å². The van der Waals surface area contributed by atoms with Crippen molar-refractivity contribution in [3.05, 3.63) is 187 Å². The standard InChI is InChI=1S/C51H39N3/c1-4-15-37(16-5-1)48-52-49(38-17-6-2-7-18-38)54-50(53-48)42-22-13-20-40(34-42)36-29-27-35(28-30-36)39-19-12-21-41(33-39)43-24-14-26-46-47(43)44-23-8-9-25-45(44)51(46)31-10-3-11-32-51/h1-2,4-9,12-30,33-34H,3,10-11,31-32H2. The van der Waals surface area contributed by atoms with E-state index < -0.39 is 0 Å². The molecule has 1 heterocycles. The third kappa shape index (κ3) is 5.64. The third-order valence-electron chi connectivity index (χ3n) is 11.5. The molecule has 54 heavy (non-hydrogen) atoms. The predicted octanol–water partition coefficient (Wildman–Crippen LogP) is 13.1. The maximum Gasteiger partial charge on any atom is 0.164 e. The van der Waals surface area contributed by atoms with Gasteiger partial charge in [0, 0.05) is 22.1 Å². The lowest BCUT2D eigenvalue weighted by molar-refractivity contribution is 0.353. The minimum Gasteiger partial charge on any atom is -0.208 e. The molecule has 0 saturated heterocycles. The summed E-state index contributed by atoms with van der Waals surface area (Å²) in [4.78, 5) is 14.8. The van der Waals surface area contributed by atoms with Crippen LogP contribution < -0.4 is 0 Å². The molecule has 7 aromatic carbocycles. The molecular weight excluding hydrogens is 655 g/mol. The van der Waals surface area contributed by atoms with Gasteiger partial charge in [-0.1, -0.05) is 183 Å². The molecule has 0 amide bonds. The highest BCUT2D eigenvalue weighted by Crippen LogP contribution is 2.57. The number of benzene rings is 7. The molecule has 2 aliphatic rings. The van der Waals surface area contributed by atoms with Crippen LogP contribution in [0.25, 0.3) is 78.7 Å². The molecule has 3 nitrogen and oxygen atoms in total. The Bertz CT molecular complexity index is 2560. The number of rotatable bonds is 6. The van der Waals surface area contributed by atoms with Gasteiger partial charge < -0.3 is 0 Å². The minimum absolute atomic E-state index is 0.156. The van der Waals surface area contributed by atoms with Gasteiger partial charge in [0.15, 0.2) is 17.5 Å². The van der Waals surface area contributed by atoms with Crippen molar-refractivity contribution < 1.29 is 0 Å². The van der Waals surface area contributed by atoms with Crippen molar-refractivity contribution in [2.75, 3.05) is 0 Å². The number of fused-ring (bicyclic) bond motifs is 5. The second-order valence-electron chi connectivity index (χ2n) is 14.7. The quantitative estimate of drug-likeness (QED) is 0.174. The molecule has 0 aliphatic heterocycles. The summed E-state index contributed by atoms with van der Waals surface area (Å²) >= 11 is 0. The largest absolute Gasteiger partial charge is 0.208 e. The van der Waals surface area contributed by atoms with Crippen molar-refractivity contribution >= 4 is 0 Å². The van der Waals surface area contributed by atoms with Crippen LogP contribution in [0.2, 0.25) is 0 Å². The first-order valence-corrected chi connectivity index (χ1v) is 19.2. The van der Waals surface area contributed by atoms with Gasteiger partial charge in [-0.15, -0.1) is 0 Å². The molecule has 258 valence electrons. The monoisotopic (exact) mass is 693 g/mol. The Kier molecular flexibility index (Phi) is 8.06. The molecule has 0 atom stereocenters. The summed E-state index contributed by atoms with van der Waals surface area (Å²) in [6.07, 6.45) is 6.44. The van der Waals surface area contributed by atoms with E-state index in [1.54, 1.807) is 0 Å². The van der Waals surface area contributed by atoms with Gasteiger partial charge >= 0.3 is 0 Å². The van der Waals surface area contributed by atoms with Crippen molar-refractivity contribution in [3.8, 4) is 78.7 Å². The van der Waals surface area contributed by atoms with Crippen LogP contribution in [0.1, 0.15) is 43.2 Å². The van der Waals surface area contributed by atoms with E-state index in [0.29, 0.717) is 17.5 Å². The predicted molar refractivity (Wildman–Crippen MR) is 222 cm³/mol.